The summed E-state index contributed by atoms with van der Waals surface area (Å²) in [6, 6.07) is 0. The van der Waals surface area contributed by atoms with E-state index < -0.39 is 6.10 Å². The van der Waals surface area contributed by atoms with Crippen molar-refractivity contribution in [3.63, 3.8) is 0 Å². The summed E-state index contributed by atoms with van der Waals surface area (Å²) in [6.07, 6.45) is 71.1. The van der Waals surface area contributed by atoms with Crippen molar-refractivity contribution in [2.24, 2.45) is 0 Å². The van der Waals surface area contributed by atoms with Crippen LogP contribution in [-0.2, 0) is 28.6 Å². The van der Waals surface area contributed by atoms with Crippen LogP contribution in [0.15, 0.2) is 97.2 Å². The minimum Gasteiger partial charge on any atom is -0.462 e. The first-order chi connectivity index (χ1) is 32.5. The zero-order valence-corrected chi connectivity index (χ0v) is 42.9. The van der Waals surface area contributed by atoms with Gasteiger partial charge in [-0.25, -0.2) is 0 Å². The van der Waals surface area contributed by atoms with E-state index in [1.54, 1.807) is 0 Å². The highest BCUT2D eigenvalue weighted by molar-refractivity contribution is 5.71. The van der Waals surface area contributed by atoms with Gasteiger partial charge in [-0.2, -0.15) is 0 Å². The summed E-state index contributed by atoms with van der Waals surface area (Å²) in [7, 11) is 0. The molecular weight excluding hydrogens is 817 g/mol. The molecule has 6 nitrogen and oxygen atoms in total. The molecule has 376 valence electrons. The van der Waals surface area contributed by atoms with Crippen LogP contribution in [0.25, 0.3) is 0 Å². The molecule has 6 heteroatoms. The van der Waals surface area contributed by atoms with Crippen LogP contribution in [0.3, 0.4) is 0 Å². The largest absolute Gasteiger partial charge is 0.462 e. The van der Waals surface area contributed by atoms with Crippen molar-refractivity contribution >= 4 is 17.9 Å². The van der Waals surface area contributed by atoms with Crippen molar-refractivity contribution in [2.45, 2.75) is 252 Å². The lowest BCUT2D eigenvalue weighted by Crippen LogP contribution is -2.30. The molecule has 0 saturated carbocycles. The molecule has 0 heterocycles. The predicted molar refractivity (Wildman–Crippen MR) is 284 cm³/mol. The standard InChI is InChI=1S/C60H100O6/c1-4-7-10-13-16-19-22-25-28-31-34-37-40-43-46-49-52-58(61)64-55-57(66-60(63)54-51-48-45-42-39-36-33-30-27-24-21-18-15-12-9-6-3)56-65-59(62)53-50-47-44-41-38-35-32-29-26-23-20-17-14-11-8-5-2/h7,9-10,12,16,18-19,21,25,27-28,30,34,36-37,39,57H,4-6,8,11,13-15,17,20,22-24,26,29,31-33,35,38,40-56H2,1-3H3/b10-7-,12-9-,19-16-,21-18-,28-25-,30-27-,37-34-,39-36-. The number of allylic oxidation sites excluding steroid dienone is 16. The third kappa shape index (κ3) is 51.3. The normalized spacial score (nSPS) is 12.8. The van der Waals surface area contributed by atoms with Crippen molar-refractivity contribution < 1.29 is 28.6 Å². The maximum absolute atomic E-state index is 12.8. The number of hydrogen-bond acceptors (Lipinski definition) is 6. The fourth-order valence-electron chi connectivity index (χ4n) is 7.31. The lowest BCUT2D eigenvalue weighted by molar-refractivity contribution is -0.167. The maximum atomic E-state index is 12.8. The van der Waals surface area contributed by atoms with Crippen LogP contribution in [0, 0.1) is 0 Å². The van der Waals surface area contributed by atoms with Crippen molar-refractivity contribution in [1.82, 2.24) is 0 Å². The van der Waals surface area contributed by atoms with Crippen molar-refractivity contribution in [1.29, 1.82) is 0 Å². The second-order valence-electron chi connectivity index (χ2n) is 17.7. The first-order valence-electron chi connectivity index (χ1n) is 27.2. The number of ether oxygens (including phenoxy) is 3. The van der Waals surface area contributed by atoms with Crippen LogP contribution in [0.1, 0.15) is 245 Å². The topological polar surface area (TPSA) is 78.9 Å². The van der Waals surface area contributed by atoms with E-state index in [0.717, 1.165) is 122 Å². The Kier molecular flexibility index (Phi) is 50.9. The van der Waals surface area contributed by atoms with Gasteiger partial charge in [0.2, 0.25) is 0 Å². The van der Waals surface area contributed by atoms with Gasteiger partial charge >= 0.3 is 17.9 Å². The number of carbonyl (C=O) groups excluding carboxylic acids is 3. The third-order valence-electron chi connectivity index (χ3n) is 11.3. The van der Waals surface area contributed by atoms with Crippen molar-refractivity contribution in [3.05, 3.63) is 97.2 Å². The van der Waals surface area contributed by atoms with Crippen LogP contribution in [-0.4, -0.2) is 37.2 Å². The Morgan fingerprint density at radius 3 is 0.924 bits per heavy atom. The first-order valence-corrected chi connectivity index (χ1v) is 27.2. The summed E-state index contributed by atoms with van der Waals surface area (Å²) in [5, 5.41) is 0. The Labute approximate surface area is 407 Å². The minimum absolute atomic E-state index is 0.0998. The fourth-order valence-corrected chi connectivity index (χ4v) is 7.31. The Morgan fingerprint density at radius 2 is 0.591 bits per heavy atom. The van der Waals surface area contributed by atoms with E-state index in [2.05, 4.69) is 118 Å². The first kappa shape index (κ1) is 62.3. The van der Waals surface area contributed by atoms with E-state index in [4.69, 9.17) is 14.2 Å². The van der Waals surface area contributed by atoms with Gasteiger partial charge in [0.15, 0.2) is 6.10 Å². The molecular formula is C60H100O6. The molecule has 0 aromatic carbocycles. The molecule has 1 atom stereocenters. The highest BCUT2D eigenvalue weighted by atomic mass is 16.6. The van der Waals surface area contributed by atoms with E-state index in [1.165, 1.54) is 83.5 Å². The molecule has 66 heavy (non-hydrogen) atoms. The number of rotatable bonds is 48. The smallest absolute Gasteiger partial charge is 0.306 e. The molecule has 0 aromatic rings. The molecule has 0 bridgehead atoms. The number of carbonyl (C=O) groups is 3. The summed E-state index contributed by atoms with van der Waals surface area (Å²) < 4.78 is 16.8. The molecule has 0 fully saturated rings. The molecule has 1 unspecified atom stereocenters. The lowest BCUT2D eigenvalue weighted by Gasteiger charge is -2.18. The molecule has 0 aliphatic rings. The summed E-state index contributed by atoms with van der Waals surface area (Å²) >= 11 is 0. The molecule has 0 saturated heterocycles. The summed E-state index contributed by atoms with van der Waals surface area (Å²) in [4.78, 5) is 38.1. The van der Waals surface area contributed by atoms with E-state index in [9.17, 15) is 14.4 Å². The van der Waals surface area contributed by atoms with Gasteiger partial charge < -0.3 is 14.2 Å². The molecule has 0 rings (SSSR count). The van der Waals surface area contributed by atoms with E-state index in [1.807, 2.05) is 0 Å². The van der Waals surface area contributed by atoms with Gasteiger partial charge in [0.1, 0.15) is 13.2 Å². The molecule has 0 aliphatic heterocycles. The summed E-state index contributed by atoms with van der Waals surface area (Å²) in [5.74, 6) is -0.962. The van der Waals surface area contributed by atoms with E-state index in [-0.39, 0.29) is 37.5 Å². The van der Waals surface area contributed by atoms with E-state index >= 15 is 0 Å². The van der Waals surface area contributed by atoms with Crippen molar-refractivity contribution in [3.8, 4) is 0 Å². The molecule has 0 radical (unpaired) electrons. The average Bonchev–Trinajstić information content (AvgIpc) is 3.31. The van der Waals surface area contributed by atoms with Gasteiger partial charge in [-0.1, -0.05) is 227 Å². The van der Waals surface area contributed by atoms with Gasteiger partial charge in [-0.05, 0) is 96.3 Å². The SMILES string of the molecule is CC/C=C\C/C=C\C/C=C\C/C=C\CCCCCC(=O)OCC(COC(=O)CCCCCCCCCCCCCCCCCC)OC(=O)CCCCC/C=C\C/C=C\C/C=C\C/C=C\CC. The second kappa shape index (κ2) is 53.9. The second-order valence-corrected chi connectivity index (χ2v) is 17.7. The van der Waals surface area contributed by atoms with Crippen molar-refractivity contribution in [2.75, 3.05) is 13.2 Å². The Bertz CT molecular complexity index is 1330. The molecule has 0 N–H and O–H groups in total. The van der Waals surface area contributed by atoms with Crippen LogP contribution in [0.4, 0.5) is 0 Å². The van der Waals surface area contributed by atoms with Crippen LogP contribution in [0.5, 0.6) is 0 Å². The zero-order valence-electron chi connectivity index (χ0n) is 42.9. The third-order valence-corrected chi connectivity index (χ3v) is 11.3. The van der Waals surface area contributed by atoms with Gasteiger partial charge in [-0.15, -0.1) is 0 Å². The van der Waals surface area contributed by atoms with Gasteiger partial charge in [0.25, 0.3) is 0 Å². The van der Waals surface area contributed by atoms with Gasteiger partial charge in [0.05, 0.1) is 0 Å². The lowest BCUT2D eigenvalue weighted by atomic mass is 10.0. The zero-order chi connectivity index (χ0) is 47.9. The maximum Gasteiger partial charge on any atom is 0.306 e. The number of unbranched alkanes of at least 4 members (excludes halogenated alkanes) is 21. The van der Waals surface area contributed by atoms with E-state index in [0.29, 0.717) is 12.8 Å². The Hall–Kier alpha value is -3.67. The van der Waals surface area contributed by atoms with Crippen LogP contribution >= 0.6 is 0 Å². The van der Waals surface area contributed by atoms with Crippen LogP contribution in [0.2, 0.25) is 0 Å². The Balaban J connectivity index is 4.49. The summed E-state index contributed by atoms with van der Waals surface area (Å²) in [5.41, 5.74) is 0. The van der Waals surface area contributed by atoms with Gasteiger partial charge in [-0.3, -0.25) is 14.4 Å². The molecule has 0 aliphatic carbocycles. The van der Waals surface area contributed by atoms with Crippen LogP contribution < -0.4 is 0 Å². The fraction of sp³-hybridized carbons (Fsp3) is 0.683. The van der Waals surface area contributed by atoms with Gasteiger partial charge in [0, 0.05) is 19.3 Å². The monoisotopic (exact) mass is 917 g/mol. The molecule has 0 aromatic heterocycles. The average molecular weight is 917 g/mol. The quantitative estimate of drug-likeness (QED) is 0.0262. The summed E-state index contributed by atoms with van der Waals surface area (Å²) in [6.45, 7) is 6.36. The Morgan fingerprint density at radius 1 is 0.318 bits per heavy atom. The molecule has 0 spiro atoms. The number of hydrogen-bond donors (Lipinski definition) is 0. The highest BCUT2D eigenvalue weighted by Gasteiger charge is 2.19. The predicted octanol–water partition coefficient (Wildman–Crippen LogP) is 18.1. The minimum atomic E-state index is -0.807. The highest BCUT2D eigenvalue weighted by Crippen LogP contribution is 2.15. The molecule has 0 amide bonds. The number of esters is 3.